The number of ether oxygens (including phenoxy) is 1. The number of carbonyl (C=O) groups is 1. The molecule has 1 amide bonds. The van der Waals surface area contributed by atoms with Crippen LogP contribution >= 0.6 is 11.6 Å². The van der Waals surface area contributed by atoms with Crippen molar-refractivity contribution >= 4 is 34.4 Å². The molecule has 1 saturated heterocycles. The summed E-state index contributed by atoms with van der Waals surface area (Å²) >= 11 is 6.62. The lowest BCUT2D eigenvalue weighted by molar-refractivity contribution is -0.122. The minimum atomic E-state index is -0.301. The van der Waals surface area contributed by atoms with Gasteiger partial charge in [0.1, 0.15) is 22.9 Å². The summed E-state index contributed by atoms with van der Waals surface area (Å²) in [6, 6.07) is 13.9. The van der Waals surface area contributed by atoms with E-state index in [4.69, 9.17) is 16.3 Å². The number of hydrogen-bond donors (Lipinski definition) is 4. The number of imidazole rings is 1. The number of halogens is 2. The van der Waals surface area contributed by atoms with Crippen LogP contribution in [0, 0.1) is 5.82 Å². The monoisotopic (exact) mass is 508 g/mol. The van der Waals surface area contributed by atoms with Crippen molar-refractivity contribution in [2.45, 2.75) is 18.4 Å². The third kappa shape index (κ3) is 5.12. The molecule has 2 aromatic carbocycles. The van der Waals surface area contributed by atoms with E-state index < -0.39 is 0 Å². The molecule has 0 bridgehead atoms. The first-order chi connectivity index (χ1) is 17.4. The fourth-order valence-corrected chi connectivity index (χ4v) is 4.62. The van der Waals surface area contributed by atoms with Gasteiger partial charge in [-0.3, -0.25) is 4.79 Å². The van der Waals surface area contributed by atoms with Gasteiger partial charge in [0.15, 0.2) is 12.3 Å². The Morgan fingerprint density at radius 2 is 1.97 bits per heavy atom. The van der Waals surface area contributed by atoms with Crippen LogP contribution in [-0.4, -0.2) is 53.1 Å². The van der Waals surface area contributed by atoms with Crippen molar-refractivity contribution in [1.29, 1.82) is 0 Å². The Balaban J connectivity index is 1.42. The highest BCUT2D eigenvalue weighted by atomic mass is 35.5. The highest BCUT2D eigenvalue weighted by Gasteiger charge is 2.35. The molecule has 3 heterocycles. The van der Waals surface area contributed by atoms with Crippen molar-refractivity contribution in [2.75, 3.05) is 32.1 Å². The molecule has 0 unspecified atom stereocenters. The molecule has 4 aromatic rings. The zero-order chi connectivity index (χ0) is 25.1. The van der Waals surface area contributed by atoms with Gasteiger partial charge in [0.05, 0.1) is 22.4 Å². The maximum absolute atomic E-state index is 13.4. The molecule has 0 spiro atoms. The fraction of sp³-hybridized carbons (Fsp3) is 0.269. The number of carbonyl (C=O) groups excluding carboxylic acids is 1. The molecule has 0 aliphatic carbocycles. The number of aromatic nitrogens is 3. The second-order valence-corrected chi connectivity index (χ2v) is 9.29. The smallest absolute Gasteiger partial charge is 0.257 e. The minimum absolute atomic E-state index is 0.0491. The average molecular weight is 509 g/mol. The Hall–Kier alpha value is -3.69. The molecule has 10 heteroatoms. The highest BCUT2D eigenvalue weighted by molar-refractivity contribution is 6.34. The summed E-state index contributed by atoms with van der Waals surface area (Å²) < 4.78 is 18.9. The molecule has 4 N–H and O–H groups in total. The predicted molar refractivity (Wildman–Crippen MR) is 138 cm³/mol. The van der Waals surface area contributed by atoms with E-state index in [0.29, 0.717) is 34.2 Å². The minimum Gasteiger partial charge on any atom is -0.484 e. The van der Waals surface area contributed by atoms with Gasteiger partial charge in [-0.1, -0.05) is 23.7 Å². The quantitative estimate of drug-likeness (QED) is 0.287. The van der Waals surface area contributed by atoms with E-state index in [9.17, 15) is 9.18 Å². The van der Waals surface area contributed by atoms with Gasteiger partial charge in [0, 0.05) is 19.2 Å². The average Bonchev–Trinajstić information content (AvgIpc) is 3.54. The zero-order valence-electron chi connectivity index (χ0n) is 19.7. The number of nitrogens with one attached hydrogen (secondary N) is 4. The van der Waals surface area contributed by atoms with Gasteiger partial charge in [-0.25, -0.2) is 14.4 Å². The second kappa shape index (κ2) is 10.1. The Labute approximate surface area is 212 Å². The van der Waals surface area contributed by atoms with Crippen LogP contribution in [0.3, 0.4) is 0 Å². The van der Waals surface area contributed by atoms with Crippen LogP contribution in [-0.2, 0) is 11.2 Å². The standard InChI is InChI=1S/C26H26ClFN6O2/c1-29-21(35)14-36-19-8-4-17(5-9-19)24-32-23-22(20(27)13-31-25(23)33-24)34-26(10-11-30-15-26)12-16-2-6-18(28)7-3-16/h2-9,13,30H,10-12,14-15H2,1H3,(H,29,35)(H2,31,32,33,34)/t26-/m0/s1. The lowest BCUT2D eigenvalue weighted by Gasteiger charge is -2.31. The number of likely N-dealkylation sites (N-methyl/N-ethyl adjacent to an activating group) is 1. The normalized spacial score (nSPS) is 17.3. The number of anilines is 1. The fourth-order valence-electron chi connectivity index (χ4n) is 4.43. The number of rotatable bonds is 8. The third-order valence-electron chi connectivity index (χ3n) is 6.34. The number of amides is 1. The third-order valence-corrected chi connectivity index (χ3v) is 6.63. The molecular weight excluding hydrogens is 483 g/mol. The summed E-state index contributed by atoms with van der Waals surface area (Å²) in [5.74, 6) is 0.769. The predicted octanol–water partition coefficient (Wildman–Crippen LogP) is 3.93. The number of pyridine rings is 1. The van der Waals surface area contributed by atoms with Crippen LogP contribution in [0.25, 0.3) is 22.6 Å². The van der Waals surface area contributed by atoms with Crippen LogP contribution in [0.2, 0.25) is 5.02 Å². The Kier molecular flexibility index (Phi) is 6.75. The maximum atomic E-state index is 13.4. The van der Waals surface area contributed by atoms with Crippen molar-refractivity contribution < 1.29 is 13.9 Å². The van der Waals surface area contributed by atoms with Crippen LogP contribution in [0.4, 0.5) is 10.1 Å². The lowest BCUT2D eigenvalue weighted by atomic mass is 9.89. The van der Waals surface area contributed by atoms with Gasteiger partial charge in [-0.15, -0.1) is 0 Å². The second-order valence-electron chi connectivity index (χ2n) is 8.89. The number of benzene rings is 2. The van der Waals surface area contributed by atoms with Crippen LogP contribution in [0.1, 0.15) is 12.0 Å². The van der Waals surface area contributed by atoms with Crippen LogP contribution < -0.4 is 20.7 Å². The molecular formula is C26H26ClFN6O2. The number of aromatic amines is 1. The highest BCUT2D eigenvalue weighted by Crippen LogP contribution is 2.35. The first-order valence-corrected chi connectivity index (χ1v) is 12.0. The maximum Gasteiger partial charge on any atom is 0.257 e. The number of H-pyrrole nitrogens is 1. The van der Waals surface area contributed by atoms with E-state index in [1.165, 1.54) is 12.1 Å². The van der Waals surface area contributed by atoms with Crippen LogP contribution in [0.5, 0.6) is 5.75 Å². The van der Waals surface area contributed by atoms with Crippen molar-refractivity contribution in [3.8, 4) is 17.1 Å². The Morgan fingerprint density at radius 3 is 2.67 bits per heavy atom. The van der Waals surface area contributed by atoms with E-state index >= 15 is 0 Å². The number of nitrogens with zero attached hydrogens (tertiary/aromatic N) is 2. The zero-order valence-corrected chi connectivity index (χ0v) is 20.5. The van der Waals surface area contributed by atoms with E-state index in [0.717, 1.165) is 36.3 Å². The Bertz CT molecular complexity index is 1370. The van der Waals surface area contributed by atoms with Gasteiger partial charge >= 0.3 is 0 Å². The summed E-state index contributed by atoms with van der Waals surface area (Å²) in [4.78, 5) is 23.8. The first-order valence-electron chi connectivity index (χ1n) is 11.7. The van der Waals surface area contributed by atoms with Gasteiger partial charge in [-0.2, -0.15) is 0 Å². The SMILES string of the molecule is CNC(=O)COc1ccc(-c2nc3ncc(Cl)c(N[C@]4(Cc5ccc(F)cc5)CCNC4)c3[nH]2)cc1. The first kappa shape index (κ1) is 24.0. The summed E-state index contributed by atoms with van der Waals surface area (Å²) in [6.45, 7) is 1.55. The molecule has 0 saturated carbocycles. The van der Waals surface area contributed by atoms with Crippen molar-refractivity contribution in [2.24, 2.45) is 0 Å². The van der Waals surface area contributed by atoms with Crippen molar-refractivity contribution in [3.05, 3.63) is 71.1 Å². The molecule has 1 fully saturated rings. The van der Waals surface area contributed by atoms with Gasteiger partial charge in [0.2, 0.25) is 0 Å². The summed E-state index contributed by atoms with van der Waals surface area (Å²) in [5.41, 5.74) is 3.56. The molecule has 186 valence electrons. The molecule has 5 rings (SSSR count). The Morgan fingerprint density at radius 1 is 1.19 bits per heavy atom. The molecule has 1 aliphatic rings. The van der Waals surface area contributed by atoms with Gasteiger partial charge in [-0.05, 0) is 61.3 Å². The van der Waals surface area contributed by atoms with E-state index in [-0.39, 0.29) is 23.9 Å². The molecule has 1 aliphatic heterocycles. The molecule has 36 heavy (non-hydrogen) atoms. The lowest BCUT2D eigenvalue weighted by Crippen LogP contribution is -2.43. The molecule has 2 aromatic heterocycles. The summed E-state index contributed by atoms with van der Waals surface area (Å²) in [7, 11) is 1.56. The largest absolute Gasteiger partial charge is 0.484 e. The van der Waals surface area contributed by atoms with Crippen LogP contribution in [0.15, 0.2) is 54.7 Å². The van der Waals surface area contributed by atoms with Crippen molar-refractivity contribution in [3.63, 3.8) is 0 Å². The van der Waals surface area contributed by atoms with E-state index in [2.05, 4.69) is 30.9 Å². The molecule has 1 atom stereocenters. The topological polar surface area (TPSA) is 104 Å². The number of fused-ring (bicyclic) bond motifs is 1. The van der Waals surface area contributed by atoms with Crippen molar-refractivity contribution in [1.82, 2.24) is 25.6 Å². The van der Waals surface area contributed by atoms with E-state index in [1.54, 1.807) is 25.4 Å². The van der Waals surface area contributed by atoms with Gasteiger partial charge < -0.3 is 25.7 Å². The molecule has 0 radical (unpaired) electrons. The number of hydrogen-bond acceptors (Lipinski definition) is 6. The molecule has 8 nitrogen and oxygen atoms in total. The van der Waals surface area contributed by atoms with Gasteiger partial charge in [0.25, 0.3) is 5.91 Å². The van der Waals surface area contributed by atoms with E-state index in [1.807, 2.05) is 24.3 Å². The summed E-state index contributed by atoms with van der Waals surface area (Å²) in [5, 5.41) is 10.1. The summed E-state index contributed by atoms with van der Waals surface area (Å²) in [6.07, 6.45) is 3.18.